The van der Waals surface area contributed by atoms with Gasteiger partial charge in [0.15, 0.2) is 0 Å². The second-order valence-electron chi connectivity index (χ2n) is 5.26. The smallest absolute Gasteiger partial charge is 0.252 e. The minimum Gasteiger partial charge on any atom is -0.349 e. The Morgan fingerprint density at radius 2 is 2.00 bits per heavy atom. The lowest BCUT2D eigenvalue weighted by Gasteiger charge is -2.24. The average Bonchev–Trinajstić information content (AvgIpc) is 2.84. The molecule has 2 aliphatic rings. The highest BCUT2D eigenvalue weighted by atomic mass is 35.5. The van der Waals surface area contributed by atoms with E-state index in [0.29, 0.717) is 6.04 Å². The van der Waals surface area contributed by atoms with Gasteiger partial charge in [-0.1, -0.05) is 0 Å². The number of piperidine rings is 1. The first-order valence-electron chi connectivity index (χ1n) is 6.95. The molecule has 0 unspecified atom stereocenters. The number of amides is 1. The molecule has 2 N–H and O–H groups in total. The van der Waals surface area contributed by atoms with Gasteiger partial charge in [-0.3, -0.25) is 4.79 Å². The molecular weight excluding hydrogens is 280 g/mol. The SMILES string of the molecule is Cl.O=C(NC1CCNCC1)c1csc2c1CCCC2. The Morgan fingerprint density at radius 3 is 2.79 bits per heavy atom. The molecule has 3 rings (SSSR count). The predicted molar refractivity (Wildman–Crippen MR) is 81.6 cm³/mol. The van der Waals surface area contributed by atoms with Crippen molar-refractivity contribution in [2.75, 3.05) is 13.1 Å². The lowest BCUT2D eigenvalue weighted by atomic mass is 9.95. The summed E-state index contributed by atoms with van der Waals surface area (Å²) >= 11 is 1.77. The summed E-state index contributed by atoms with van der Waals surface area (Å²) in [7, 11) is 0. The van der Waals surface area contributed by atoms with Gasteiger partial charge in [0.2, 0.25) is 0 Å². The Bertz CT molecular complexity index is 441. The van der Waals surface area contributed by atoms with Gasteiger partial charge >= 0.3 is 0 Å². The number of hydrogen-bond donors (Lipinski definition) is 2. The summed E-state index contributed by atoms with van der Waals surface area (Å²) in [6, 6.07) is 0.359. The van der Waals surface area contributed by atoms with Crippen molar-refractivity contribution < 1.29 is 4.79 Å². The number of fused-ring (bicyclic) bond motifs is 1. The van der Waals surface area contributed by atoms with Crippen LogP contribution < -0.4 is 10.6 Å². The molecule has 1 saturated heterocycles. The van der Waals surface area contributed by atoms with E-state index < -0.39 is 0 Å². The monoisotopic (exact) mass is 300 g/mol. The maximum Gasteiger partial charge on any atom is 0.252 e. The maximum atomic E-state index is 12.3. The van der Waals surface area contributed by atoms with E-state index >= 15 is 0 Å². The number of thiophene rings is 1. The zero-order valence-electron chi connectivity index (χ0n) is 11.0. The van der Waals surface area contributed by atoms with E-state index in [1.165, 1.54) is 29.7 Å². The Labute approximate surface area is 124 Å². The Balaban J connectivity index is 0.00000133. The van der Waals surface area contributed by atoms with Crippen molar-refractivity contribution in [2.45, 2.75) is 44.6 Å². The molecule has 1 aromatic heterocycles. The molecule has 19 heavy (non-hydrogen) atoms. The van der Waals surface area contributed by atoms with Crippen molar-refractivity contribution in [1.29, 1.82) is 0 Å². The van der Waals surface area contributed by atoms with Gasteiger partial charge in [-0.05, 0) is 57.2 Å². The number of aryl methyl sites for hydroxylation is 1. The summed E-state index contributed by atoms with van der Waals surface area (Å²) in [6.45, 7) is 2.04. The van der Waals surface area contributed by atoms with Crippen molar-refractivity contribution in [1.82, 2.24) is 10.6 Å². The molecule has 0 atom stereocenters. The third-order valence-electron chi connectivity index (χ3n) is 3.98. The molecule has 1 aromatic rings. The van der Waals surface area contributed by atoms with Crippen LogP contribution in [0.4, 0.5) is 0 Å². The predicted octanol–water partition coefficient (Wildman–Crippen LogP) is 2.53. The molecule has 0 spiro atoms. The third-order valence-corrected chi connectivity index (χ3v) is 5.07. The van der Waals surface area contributed by atoms with Crippen LogP contribution in [0, 0.1) is 0 Å². The van der Waals surface area contributed by atoms with Crippen molar-refractivity contribution in [3.8, 4) is 0 Å². The van der Waals surface area contributed by atoms with E-state index in [4.69, 9.17) is 0 Å². The average molecular weight is 301 g/mol. The highest BCUT2D eigenvalue weighted by molar-refractivity contribution is 7.10. The molecule has 106 valence electrons. The van der Waals surface area contributed by atoms with Crippen LogP contribution in [0.3, 0.4) is 0 Å². The van der Waals surface area contributed by atoms with E-state index in [1.54, 1.807) is 11.3 Å². The summed E-state index contributed by atoms with van der Waals surface area (Å²) in [5.74, 6) is 0.154. The number of hydrogen-bond acceptors (Lipinski definition) is 3. The number of rotatable bonds is 2. The summed E-state index contributed by atoms with van der Waals surface area (Å²) in [5.41, 5.74) is 2.28. The van der Waals surface area contributed by atoms with Crippen LogP contribution in [0.2, 0.25) is 0 Å². The maximum absolute atomic E-state index is 12.3. The minimum absolute atomic E-state index is 0. The highest BCUT2D eigenvalue weighted by Gasteiger charge is 2.22. The van der Waals surface area contributed by atoms with E-state index in [9.17, 15) is 4.79 Å². The van der Waals surface area contributed by atoms with Crippen LogP contribution >= 0.6 is 23.7 Å². The zero-order chi connectivity index (χ0) is 12.4. The van der Waals surface area contributed by atoms with Crippen LogP contribution in [0.15, 0.2) is 5.38 Å². The molecule has 1 aliphatic heterocycles. The Kier molecular flexibility index (Phi) is 5.25. The molecule has 0 aromatic carbocycles. The van der Waals surface area contributed by atoms with E-state index in [1.807, 2.05) is 0 Å². The summed E-state index contributed by atoms with van der Waals surface area (Å²) in [6.07, 6.45) is 6.88. The lowest BCUT2D eigenvalue weighted by Crippen LogP contribution is -2.42. The van der Waals surface area contributed by atoms with Gasteiger partial charge in [0.05, 0.1) is 5.56 Å². The molecular formula is C14H21ClN2OS. The Morgan fingerprint density at radius 1 is 1.26 bits per heavy atom. The van der Waals surface area contributed by atoms with Gasteiger partial charge in [0.25, 0.3) is 5.91 Å². The van der Waals surface area contributed by atoms with Crippen LogP contribution in [0.25, 0.3) is 0 Å². The molecule has 1 fully saturated rings. The first-order chi connectivity index (χ1) is 8.84. The van der Waals surface area contributed by atoms with Crippen molar-refractivity contribution in [3.63, 3.8) is 0 Å². The van der Waals surface area contributed by atoms with Gasteiger partial charge in [0, 0.05) is 16.3 Å². The van der Waals surface area contributed by atoms with Crippen LogP contribution in [0.1, 0.15) is 46.5 Å². The largest absolute Gasteiger partial charge is 0.349 e. The fourth-order valence-corrected chi connectivity index (χ4v) is 4.04. The van der Waals surface area contributed by atoms with Crippen LogP contribution in [-0.4, -0.2) is 25.0 Å². The topological polar surface area (TPSA) is 41.1 Å². The van der Waals surface area contributed by atoms with Crippen LogP contribution in [0.5, 0.6) is 0 Å². The minimum atomic E-state index is 0. The van der Waals surface area contributed by atoms with Gasteiger partial charge < -0.3 is 10.6 Å². The number of carbonyl (C=O) groups is 1. The molecule has 0 radical (unpaired) electrons. The second-order valence-corrected chi connectivity index (χ2v) is 6.22. The van der Waals surface area contributed by atoms with Gasteiger partial charge in [-0.25, -0.2) is 0 Å². The normalized spacial score (nSPS) is 19.4. The Hall–Kier alpha value is -0.580. The molecule has 0 bridgehead atoms. The lowest BCUT2D eigenvalue weighted by molar-refractivity contribution is 0.0929. The summed E-state index contributed by atoms with van der Waals surface area (Å²) < 4.78 is 0. The third kappa shape index (κ3) is 3.30. The van der Waals surface area contributed by atoms with Gasteiger partial charge in [-0.2, -0.15) is 0 Å². The highest BCUT2D eigenvalue weighted by Crippen LogP contribution is 2.30. The standard InChI is InChI=1S/C14H20N2OS.ClH/c17-14(16-10-5-7-15-8-6-10)12-9-18-13-4-2-1-3-11(12)13;/h9-10,15H,1-8H2,(H,16,17);1H. The first kappa shape index (κ1) is 14.8. The fraction of sp³-hybridized carbons (Fsp3) is 0.643. The number of halogens is 1. The van der Waals surface area contributed by atoms with Crippen LogP contribution in [-0.2, 0) is 12.8 Å². The van der Waals surface area contributed by atoms with Crippen molar-refractivity contribution >= 4 is 29.7 Å². The van der Waals surface area contributed by atoms with Gasteiger partial charge in [0.1, 0.15) is 0 Å². The molecule has 2 heterocycles. The number of carbonyl (C=O) groups excluding carboxylic acids is 1. The van der Waals surface area contributed by atoms with Gasteiger partial charge in [-0.15, -0.1) is 23.7 Å². The van der Waals surface area contributed by atoms with Crippen molar-refractivity contribution in [2.24, 2.45) is 0 Å². The molecule has 5 heteroatoms. The molecule has 0 saturated carbocycles. The van der Waals surface area contributed by atoms with E-state index in [0.717, 1.165) is 37.9 Å². The fourth-order valence-electron chi connectivity index (χ4n) is 2.91. The first-order valence-corrected chi connectivity index (χ1v) is 7.83. The molecule has 1 amide bonds. The van der Waals surface area contributed by atoms with Crippen molar-refractivity contribution in [3.05, 3.63) is 21.4 Å². The molecule has 3 nitrogen and oxygen atoms in total. The summed E-state index contributed by atoms with van der Waals surface area (Å²) in [5, 5.41) is 8.58. The zero-order valence-corrected chi connectivity index (χ0v) is 12.7. The summed E-state index contributed by atoms with van der Waals surface area (Å²) in [4.78, 5) is 13.8. The quantitative estimate of drug-likeness (QED) is 0.881. The molecule has 1 aliphatic carbocycles. The number of nitrogens with one attached hydrogen (secondary N) is 2. The van der Waals surface area contributed by atoms with E-state index in [2.05, 4.69) is 16.0 Å². The van der Waals surface area contributed by atoms with E-state index in [-0.39, 0.29) is 18.3 Å². The second kappa shape index (κ2) is 6.73.